The minimum absolute atomic E-state index is 0.0528. The van der Waals surface area contributed by atoms with Crippen molar-refractivity contribution in [1.29, 1.82) is 0 Å². The lowest BCUT2D eigenvalue weighted by Gasteiger charge is -2.43. The number of carbonyl (C=O) groups excluding carboxylic acids is 2. The Labute approximate surface area is 211 Å². The van der Waals surface area contributed by atoms with Gasteiger partial charge in [0, 0.05) is 44.5 Å². The summed E-state index contributed by atoms with van der Waals surface area (Å²) in [7, 11) is 5.07. The van der Waals surface area contributed by atoms with E-state index >= 15 is 0 Å². The number of fused-ring (bicyclic) bond motifs is 1. The molecular formula is C29H31N3O4. The molecule has 0 radical (unpaired) electrons. The Morgan fingerprint density at radius 1 is 0.806 bits per heavy atom. The SMILES string of the molecule is COc1ccc([C@H]2[C@H](C(=O)N3CCN(c4ccc(OC)cc4)CC3)c3ccccc3C(=O)N2C)cc1. The molecule has 7 heteroatoms. The van der Waals surface area contributed by atoms with E-state index in [9.17, 15) is 9.59 Å². The third kappa shape index (κ3) is 4.26. The topological polar surface area (TPSA) is 62.3 Å². The van der Waals surface area contributed by atoms with Crippen molar-refractivity contribution in [2.24, 2.45) is 0 Å². The predicted octanol–water partition coefficient (Wildman–Crippen LogP) is 3.96. The number of piperazine rings is 1. The van der Waals surface area contributed by atoms with E-state index in [1.54, 1.807) is 26.2 Å². The van der Waals surface area contributed by atoms with Gasteiger partial charge in [0.2, 0.25) is 5.91 Å². The highest BCUT2D eigenvalue weighted by molar-refractivity contribution is 6.01. The van der Waals surface area contributed by atoms with Crippen molar-refractivity contribution >= 4 is 17.5 Å². The summed E-state index contributed by atoms with van der Waals surface area (Å²) in [5.74, 6) is 1.06. The summed E-state index contributed by atoms with van der Waals surface area (Å²) in [6.07, 6.45) is 0. The molecule has 0 N–H and O–H groups in total. The molecule has 186 valence electrons. The maximum absolute atomic E-state index is 14.1. The Morgan fingerprint density at radius 3 is 2.00 bits per heavy atom. The third-order valence-electron chi connectivity index (χ3n) is 7.33. The Morgan fingerprint density at radius 2 is 1.39 bits per heavy atom. The Balaban J connectivity index is 1.42. The molecule has 0 unspecified atom stereocenters. The van der Waals surface area contributed by atoms with Gasteiger partial charge < -0.3 is 24.2 Å². The number of methoxy groups -OCH3 is 2. The fraction of sp³-hybridized carbons (Fsp3) is 0.310. The van der Waals surface area contributed by atoms with Gasteiger partial charge in [-0.2, -0.15) is 0 Å². The minimum Gasteiger partial charge on any atom is -0.497 e. The molecule has 5 rings (SSSR count). The molecule has 2 heterocycles. The molecule has 2 amide bonds. The Hall–Kier alpha value is -4.00. The van der Waals surface area contributed by atoms with Gasteiger partial charge in [0.05, 0.1) is 26.2 Å². The van der Waals surface area contributed by atoms with Gasteiger partial charge in [-0.25, -0.2) is 0 Å². The average molecular weight is 486 g/mol. The molecule has 7 nitrogen and oxygen atoms in total. The van der Waals surface area contributed by atoms with Crippen LogP contribution < -0.4 is 14.4 Å². The number of hydrogen-bond acceptors (Lipinski definition) is 5. The van der Waals surface area contributed by atoms with Crippen molar-refractivity contribution in [1.82, 2.24) is 9.80 Å². The van der Waals surface area contributed by atoms with Crippen molar-refractivity contribution in [3.8, 4) is 11.5 Å². The lowest BCUT2D eigenvalue weighted by molar-refractivity contribution is -0.134. The van der Waals surface area contributed by atoms with Crippen LogP contribution in [0.5, 0.6) is 11.5 Å². The smallest absolute Gasteiger partial charge is 0.254 e. The molecule has 36 heavy (non-hydrogen) atoms. The third-order valence-corrected chi connectivity index (χ3v) is 7.33. The number of likely N-dealkylation sites (N-methyl/N-ethyl adjacent to an activating group) is 1. The zero-order chi connectivity index (χ0) is 25.2. The molecule has 1 saturated heterocycles. The zero-order valence-electron chi connectivity index (χ0n) is 20.9. The van der Waals surface area contributed by atoms with Crippen LogP contribution >= 0.6 is 0 Å². The number of anilines is 1. The molecule has 1 fully saturated rings. The van der Waals surface area contributed by atoms with E-state index in [0.29, 0.717) is 18.7 Å². The number of benzene rings is 3. The van der Waals surface area contributed by atoms with E-state index in [1.165, 1.54) is 0 Å². The molecule has 3 aromatic rings. The maximum Gasteiger partial charge on any atom is 0.254 e. The van der Waals surface area contributed by atoms with Gasteiger partial charge in [-0.3, -0.25) is 9.59 Å². The van der Waals surface area contributed by atoms with Crippen LogP contribution in [-0.2, 0) is 4.79 Å². The standard InChI is InChI=1S/C29H31N3O4/c1-30-27(20-8-12-22(35-2)13-9-20)26(24-6-4-5-7-25(24)28(30)33)29(34)32-18-16-31(17-19-32)21-10-14-23(36-3)15-11-21/h4-15,26-27H,16-19H2,1-3H3/t26-,27+/m1/s1. The van der Waals surface area contributed by atoms with Crippen LogP contribution in [0.15, 0.2) is 72.8 Å². The van der Waals surface area contributed by atoms with E-state index in [1.807, 2.05) is 77.7 Å². The minimum atomic E-state index is -0.482. The number of ether oxygens (including phenoxy) is 2. The van der Waals surface area contributed by atoms with E-state index in [0.717, 1.165) is 41.4 Å². The van der Waals surface area contributed by atoms with E-state index in [-0.39, 0.29) is 11.8 Å². The first-order valence-electron chi connectivity index (χ1n) is 12.2. The Bertz CT molecular complexity index is 1230. The summed E-state index contributed by atoms with van der Waals surface area (Å²) in [4.78, 5) is 33.3. The first kappa shape index (κ1) is 23.7. The highest BCUT2D eigenvalue weighted by Gasteiger charge is 2.44. The lowest BCUT2D eigenvalue weighted by Crippen LogP contribution is -2.53. The van der Waals surface area contributed by atoms with Crippen molar-refractivity contribution < 1.29 is 19.1 Å². The summed E-state index contributed by atoms with van der Waals surface area (Å²) >= 11 is 0. The molecular weight excluding hydrogens is 454 g/mol. The van der Waals surface area contributed by atoms with Crippen LogP contribution in [0.2, 0.25) is 0 Å². The van der Waals surface area contributed by atoms with E-state index in [2.05, 4.69) is 4.90 Å². The molecule has 2 aliphatic heterocycles. The van der Waals surface area contributed by atoms with Crippen LogP contribution in [0.4, 0.5) is 5.69 Å². The first-order chi connectivity index (χ1) is 17.5. The van der Waals surface area contributed by atoms with Crippen LogP contribution in [0.25, 0.3) is 0 Å². The molecule has 0 bridgehead atoms. The van der Waals surface area contributed by atoms with Crippen molar-refractivity contribution in [3.63, 3.8) is 0 Å². The Kier molecular flexibility index (Phi) is 6.55. The average Bonchev–Trinajstić information content (AvgIpc) is 2.94. The second-order valence-corrected chi connectivity index (χ2v) is 9.21. The van der Waals surface area contributed by atoms with Crippen molar-refractivity contribution in [2.75, 3.05) is 52.3 Å². The normalized spacial score (nSPS) is 19.6. The summed E-state index contributed by atoms with van der Waals surface area (Å²) in [5, 5.41) is 0. The number of amides is 2. The predicted molar refractivity (Wildman–Crippen MR) is 139 cm³/mol. The lowest BCUT2D eigenvalue weighted by atomic mass is 9.79. The number of nitrogens with zero attached hydrogens (tertiary/aromatic N) is 3. The van der Waals surface area contributed by atoms with Gasteiger partial charge >= 0.3 is 0 Å². The summed E-state index contributed by atoms with van der Waals surface area (Å²) in [5.41, 5.74) is 3.42. The van der Waals surface area contributed by atoms with Gasteiger partial charge in [-0.15, -0.1) is 0 Å². The quantitative estimate of drug-likeness (QED) is 0.548. The fourth-order valence-corrected chi connectivity index (χ4v) is 5.33. The number of rotatable bonds is 5. The number of carbonyl (C=O) groups is 2. The van der Waals surface area contributed by atoms with Gasteiger partial charge in [-0.05, 0) is 53.6 Å². The van der Waals surface area contributed by atoms with Crippen molar-refractivity contribution in [2.45, 2.75) is 12.0 Å². The summed E-state index contributed by atoms with van der Waals surface area (Å²) in [6, 6.07) is 22.8. The highest BCUT2D eigenvalue weighted by Crippen LogP contribution is 2.43. The summed E-state index contributed by atoms with van der Waals surface area (Å²) in [6.45, 7) is 2.73. The van der Waals surface area contributed by atoms with Gasteiger partial charge in [-0.1, -0.05) is 30.3 Å². The van der Waals surface area contributed by atoms with E-state index in [4.69, 9.17) is 9.47 Å². The summed E-state index contributed by atoms with van der Waals surface area (Å²) < 4.78 is 10.6. The van der Waals surface area contributed by atoms with Crippen molar-refractivity contribution in [3.05, 3.63) is 89.5 Å². The highest BCUT2D eigenvalue weighted by atomic mass is 16.5. The van der Waals surface area contributed by atoms with E-state index < -0.39 is 12.0 Å². The molecule has 2 atom stereocenters. The number of hydrogen-bond donors (Lipinski definition) is 0. The largest absolute Gasteiger partial charge is 0.497 e. The second-order valence-electron chi connectivity index (χ2n) is 9.21. The molecule has 3 aromatic carbocycles. The molecule has 0 aliphatic carbocycles. The monoisotopic (exact) mass is 485 g/mol. The van der Waals surface area contributed by atoms with Gasteiger partial charge in [0.15, 0.2) is 0 Å². The fourth-order valence-electron chi connectivity index (χ4n) is 5.33. The molecule has 2 aliphatic rings. The van der Waals surface area contributed by atoms with Crippen LogP contribution in [0.3, 0.4) is 0 Å². The molecule has 0 spiro atoms. The van der Waals surface area contributed by atoms with Crippen LogP contribution in [0.1, 0.15) is 33.4 Å². The second kappa shape index (κ2) is 9.93. The zero-order valence-corrected chi connectivity index (χ0v) is 20.9. The van der Waals surface area contributed by atoms with Crippen LogP contribution in [0, 0.1) is 0 Å². The van der Waals surface area contributed by atoms with Crippen LogP contribution in [-0.4, -0.2) is 69.1 Å². The maximum atomic E-state index is 14.1. The first-order valence-corrected chi connectivity index (χ1v) is 12.2. The van der Waals surface area contributed by atoms with Gasteiger partial charge in [0.25, 0.3) is 5.91 Å². The van der Waals surface area contributed by atoms with Gasteiger partial charge in [0.1, 0.15) is 11.5 Å². The molecule has 0 saturated carbocycles. The molecule has 0 aromatic heterocycles.